The largest absolute Gasteiger partial charge is 0.497 e. The summed E-state index contributed by atoms with van der Waals surface area (Å²) in [5.74, 6) is -0.875. The molecule has 0 aliphatic carbocycles. The molecule has 0 bridgehead atoms. The van der Waals surface area contributed by atoms with Gasteiger partial charge in [0.15, 0.2) is 12.3 Å². The van der Waals surface area contributed by atoms with Crippen LogP contribution in [0.5, 0.6) is 11.5 Å². The van der Waals surface area contributed by atoms with Crippen LogP contribution < -0.4 is 15.0 Å². The van der Waals surface area contributed by atoms with E-state index in [1.54, 1.807) is 0 Å². The Labute approximate surface area is 178 Å². The molecule has 33 heavy (non-hydrogen) atoms. The summed E-state index contributed by atoms with van der Waals surface area (Å²) in [5, 5.41) is 0. The van der Waals surface area contributed by atoms with Crippen LogP contribution >= 0.6 is 0 Å². The maximum Gasteiger partial charge on any atom is 0.434 e. The Morgan fingerprint density at radius 3 is 2.12 bits per heavy atom. The number of ether oxygens (including phenoxy) is 2. The molecule has 5 nitrogen and oxygen atoms in total. The summed E-state index contributed by atoms with van der Waals surface area (Å²) in [5.41, 5.74) is -8.40. The van der Waals surface area contributed by atoms with E-state index in [4.69, 9.17) is 4.74 Å². The maximum atomic E-state index is 13.7. The van der Waals surface area contributed by atoms with E-state index >= 15 is 0 Å². The van der Waals surface area contributed by atoms with Crippen LogP contribution in [0.2, 0.25) is 0 Å². The van der Waals surface area contributed by atoms with Crippen LogP contribution in [0.15, 0.2) is 41.3 Å². The molecule has 0 aliphatic heterocycles. The Balaban J connectivity index is 2.32. The summed E-state index contributed by atoms with van der Waals surface area (Å²) in [6.07, 6.45) is -14.6. The normalized spacial score (nSPS) is 12.8. The fraction of sp³-hybridized carbons (Fsp3) is 0.263. The monoisotopic (exact) mass is 486 g/mol. The molecule has 14 heteroatoms. The summed E-state index contributed by atoms with van der Waals surface area (Å²) >= 11 is 0. The first kappa shape index (κ1) is 24.2. The molecular weight excluding hydrogens is 475 g/mol. The second-order valence-electron chi connectivity index (χ2n) is 6.54. The number of alkyl halides is 9. The number of benzene rings is 1. The third-order valence-electron chi connectivity index (χ3n) is 4.27. The van der Waals surface area contributed by atoms with Gasteiger partial charge in [-0.3, -0.25) is 9.20 Å². The lowest BCUT2D eigenvalue weighted by Gasteiger charge is -2.18. The predicted molar refractivity (Wildman–Crippen MR) is 95.0 cm³/mol. The lowest BCUT2D eigenvalue weighted by atomic mass is 9.98. The van der Waals surface area contributed by atoms with Gasteiger partial charge in [-0.25, -0.2) is 4.98 Å². The van der Waals surface area contributed by atoms with E-state index in [0.29, 0.717) is 16.5 Å². The number of hydrogen-bond acceptors (Lipinski definition) is 4. The molecule has 0 spiro atoms. The molecule has 0 saturated carbocycles. The van der Waals surface area contributed by atoms with E-state index in [0.717, 1.165) is 12.3 Å². The fourth-order valence-corrected chi connectivity index (χ4v) is 2.93. The predicted octanol–water partition coefficient (Wildman–Crippen LogP) is 5.35. The number of hydrogen-bond donors (Lipinski definition) is 0. The van der Waals surface area contributed by atoms with E-state index in [1.165, 1.54) is 13.2 Å². The zero-order valence-corrected chi connectivity index (χ0v) is 16.2. The summed E-state index contributed by atoms with van der Waals surface area (Å²) in [6.45, 7) is -1.93. The van der Waals surface area contributed by atoms with E-state index in [1.807, 2.05) is 0 Å². The van der Waals surface area contributed by atoms with E-state index in [-0.39, 0.29) is 11.8 Å². The summed E-state index contributed by atoms with van der Waals surface area (Å²) in [7, 11) is 1.20. The van der Waals surface area contributed by atoms with Crippen molar-refractivity contribution in [2.75, 3.05) is 13.7 Å². The van der Waals surface area contributed by atoms with Gasteiger partial charge in [0.2, 0.25) is 0 Å². The minimum atomic E-state index is -5.35. The Hall–Kier alpha value is -3.45. The molecule has 0 atom stereocenters. The molecule has 3 aromatic rings. The summed E-state index contributed by atoms with van der Waals surface area (Å²) < 4.78 is 129. The zero-order chi connectivity index (χ0) is 24.8. The van der Waals surface area contributed by atoms with Gasteiger partial charge in [-0.2, -0.15) is 39.5 Å². The van der Waals surface area contributed by atoms with Gasteiger partial charge >= 0.3 is 18.5 Å². The van der Waals surface area contributed by atoms with Gasteiger partial charge in [0.1, 0.15) is 17.1 Å². The van der Waals surface area contributed by atoms with Gasteiger partial charge in [-0.1, -0.05) is 0 Å². The van der Waals surface area contributed by atoms with Crippen molar-refractivity contribution < 1.29 is 49.0 Å². The highest BCUT2D eigenvalue weighted by Gasteiger charge is 2.42. The van der Waals surface area contributed by atoms with Crippen LogP contribution in [0.1, 0.15) is 11.3 Å². The molecule has 0 amide bonds. The van der Waals surface area contributed by atoms with E-state index < -0.39 is 64.5 Å². The van der Waals surface area contributed by atoms with Crippen LogP contribution in [0, 0.1) is 0 Å². The topological polar surface area (TPSA) is 52.8 Å². The molecule has 0 radical (unpaired) electrons. The highest BCUT2D eigenvalue weighted by atomic mass is 19.4. The van der Waals surface area contributed by atoms with Crippen molar-refractivity contribution in [1.29, 1.82) is 0 Å². The molecule has 0 N–H and O–H groups in total. The Morgan fingerprint density at radius 1 is 0.909 bits per heavy atom. The van der Waals surface area contributed by atoms with Gasteiger partial charge < -0.3 is 9.47 Å². The smallest absolute Gasteiger partial charge is 0.434 e. The number of pyridine rings is 1. The molecule has 2 heterocycles. The quantitative estimate of drug-likeness (QED) is 0.467. The first-order valence-corrected chi connectivity index (χ1v) is 8.70. The molecule has 178 valence electrons. The first-order valence-electron chi connectivity index (χ1n) is 8.70. The van der Waals surface area contributed by atoms with Gasteiger partial charge in [0, 0.05) is 17.8 Å². The second kappa shape index (κ2) is 8.15. The van der Waals surface area contributed by atoms with Crippen LogP contribution in [-0.2, 0) is 12.4 Å². The highest BCUT2D eigenvalue weighted by molar-refractivity contribution is 5.72. The zero-order valence-electron chi connectivity index (χ0n) is 16.2. The summed E-state index contributed by atoms with van der Waals surface area (Å²) in [6, 6.07) is 3.26. The van der Waals surface area contributed by atoms with Crippen molar-refractivity contribution in [3.8, 4) is 22.6 Å². The Bertz CT molecular complexity index is 1240. The molecule has 0 fully saturated rings. The molecule has 2 aromatic heterocycles. The number of fused-ring (bicyclic) bond motifs is 1. The van der Waals surface area contributed by atoms with Gasteiger partial charge in [-0.15, -0.1) is 0 Å². The standard InChI is InChI=1S/C19H11F9N2O3/c1-32-9-4-5-30-13(7-9)29-15(19(26,27)28)14(16(30)31)11-3-2-10(33-8-17(20,21)22)6-12(11)18(23,24)25/h2-7H,8H2,1H3. The molecule has 1 aromatic carbocycles. The Kier molecular flexibility index (Phi) is 5.98. The maximum absolute atomic E-state index is 13.7. The molecule has 0 aliphatic rings. The van der Waals surface area contributed by atoms with Crippen molar-refractivity contribution in [1.82, 2.24) is 9.38 Å². The number of nitrogens with zero attached hydrogens (tertiary/aromatic N) is 2. The van der Waals surface area contributed by atoms with Crippen molar-refractivity contribution in [2.45, 2.75) is 18.5 Å². The van der Waals surface area contributed by atoms with Crippen LogP contribution in [0.3, 0.4) is 0 Å². The van der Waals surface area contributed by atoms with Crippen LogP contribution in [-0.4, -0.2) is 29.3 Å². The van der Waals surface area contributed by atoms with Crippen molar-refractivity contribution in [3.05, 3.63) is 58.1 Å². The average molecular weight is 486 g/mol. The van der Waals surface area contributed by atoms with Gasteiger partial charge in [0.05, 0.1) is 18.2 Å². The number of rotatable bonds is 4. The number of aromatic nitrogens is 2. The average Bonchev–Trinajstić information content (AvgIpc) is 2.70. The van der Waals surface area contributed by atoms with Crippen molar-refractivity contribution >= 4 is 5.65 Å². The Morgan fingerprint density at radius 2 is 1.58 bits per heavy atom. The van der Waals surface area contributed by atoms with Crippen molar-refractivity contribution in [3.63, 3.8) is 0 Å². The molecular formula is C19H11F9N2O3. The van der Waals surface area contributed by atoms with Crippen LogP contribution in [0.25, 0.3) is 16.8 Å². The third-order valence-corrected chi connectivity index (χ3v) is 4.27. The number of methoxy groups -OCH3 is 1. The third kappa shape index (κ3) is 5.14. The van der Waals surface area contributed by atoms with E-state index in [2.05, 4.69) is 9.72 Å². The molecule has 3 rings (SSSR count). The molecule has 0 unspecified atom stereocenters. The summed E-state index contributed by atoms with van der Waals surface area (Å²) in [4.78, 5) is 16.2. The molecule has 0 saturated heterocycles. The second-order valence-corrected chi connectivity index (χ2v) is 6.54. The van der Waals surface area contributed by atoms with Crippen molar-refractivity contribution in [2.24, 2.45) is 0 Å². The minimum absolute atomic E-state index is 0.0323. The number of halogens is 9. The lowest BCUT2D eigenvalue weighted by Crippen LogP contribution is -2.25. The van der Waals surface area contributed by atoms with Crippen LogP contribution in [0.4, 0.5) is 39.5 Å². The highest BCUT2D eigenvalue weighted by Crippen LogP contribution is 2.42. The minimum Gasteiger partial charge on any atom is -0.497 e. The van der Waals surface area contributed by atoms with Gasteiger partial charge in [-0.05, 0) is 24.3 Å². The fourth-order valence-electron chi connectivity index (χ4n) is 2.93. The van der Waals surface area contributed by atoms with Gasteiger partial charge in [0.25, 0.3) is 5.56 Å². The van der Waals surface area contributed by atoms with E-state index in [9.17, 15) is 44.3 Å². The SMILES string of the molecule is COc1ccn2c(=O)c(-c3ccc(OCC(F)(F)F)cc3C(F)(F)F)c(C(F)(F)F)nc2c1. The first-order chi connectivity index (χ1) is 15.1. The lowest BCUT2D eigenvalue weighted by molar-refractivity contribution is -0.153.